The van der Waals surface area contributed by atoms with E-state index >= 15 is 0 Å². The van der Waals surface area contributed by atoms with Crippen molar-refractivity contribution in [2.45, 2.75) is 38.8 Å². The van der Waals surface area contributed by atoms with Gasteiger partial charge in [0.2, 0.25) is 0 Å². The second kappa shape index (κ2) is 6.36. The molecule has 2 N–H and O–H groups in total. The van der Waals surface area contributed by atoms with Gasteiger partial charge in [0.05, 0.1) is 0 Å². The Hall–Kier alpha value is -1.61. The SMILES string of the molecule is CCC(N)Cc1cccn1CCc1cccnc1. The smallest absolute Gasteiger partial charge is 0.0300 e. The highest BCUT2D eigenvalue weighted by atomic mass is 15.0. The van der Waals surface area contributed by atoms with Crippen molar-refractivity contribution in [2.24, 2.45) is 5.73 Å². The summed E-state index contributed by atoms with van der Waals surface area (Å²) in [7, 11) is 0. The Balaban J connectivity index is 1.95. The first kappa shape index (κ1) is 12.8. The first-order valence-electron chi connectivity index (χ1n) is 6.58. The van der Waals surface area contributed by atoms with Gasteiger partial charge in [0.15, 0.2) is 0 Å². The summed E-state index contributed by atoms with van der Waals surface area (Å²) in [5.41, 5.74) is 8.62. The minimum atomic E-state index is 0.261. The van der Waals surface area contributed by atoms with Gasteiger partial charge in [-0.3, -0.25) is 4.98 Å². The van der Waals surface area contributed by atoms with Gasteiger partial charge in [0, 0.05) is 43.3 Å². The summed E-state index contributed by atoms with van der Waals surface area (Å²) in [5.74, 6) is 0. The molecule has 0 saturated carbocycles. The highest BCUT2D eigenvalue weighted by Crippen LogP contribution is 2.08. The number of rotatable bonds is 6. The molecule has 18 heavy (non-hydrogen) atoms. The molecular weight excluding hydrogens is 222 g/mol. The lowest BCUT2D eigenvalue weighted by atomic mass is 10.1. The summed E-state index contributed by atoms with van der Waals surface area (Å²) < 4.78 is 2.29. The van der Waals surface area contributed by atoms with Crippen molar-refractivity contribution in [3.63, 3.8) is 0 Å². The first-order chi connectivity index (χ1) is 8.79. The molecule has 0 amide bonds. The summed E-state index contributed by atoms with van der Waals surface area (Å²) in [6, 6.07) is 8.63. The zero-order valence-electron chi connectivity index (χ0n) is 10.9. The van der Waals surface area contributed by atoms with Crippen LogP contribution in [0.15, 0.2) is 42.9 Å². The van der Waals surface area contributed by atoms with Crippen molar-refractivity contribution in [3.8, 4) is 0 Å². The van der Waals surface area contributed by atoms with E-state index in [1.807, 2.05) is 18.5 Å². The number of hydrogen-bond acceptors (Lipinski definition) is 2. The van der Waals surface area contributed by atoms with Crippen LogP contribution in [-0.2, 0) is 19.4 Å². The molecule has 0 aliphatic heterocycles. The van der Waals surface area contributed by atoms with E-state index in [4.69, 9.17) is 5.73 Å². The molecule has 1 unspecified atom stereocenters. The van der Waals surface area contributed by atoms with Gasteiger partial charge < -0.3 is 10.3 Å². The van der Waals surface area contributed by atoms with E-state index in [9.17, 15) is 0 Å². The third kappa shape index (κ3) is 3.44. The summed E-state index contributed by atoms with van der Waals surface area (Å²) in [5, 5.41) is 0. The lowest BCUT2D eigenvalue weighted by Crippen LogP contribution is -2.23. The average Bonchev–Trinajstić information content (AvgIpc) is 2.84. The maximum atomic E-state index is 6.02. The minimum Gasteiger partial charge on any atom is -0.351 e. The summed E-state index contributed by atoms with van der Waals surface area (Å²) >= 11 is 0. The van der Waals surface area contributed by atoms with Crippen LogP contribution in [0.5, 0.6) is 0 Å². The highest BCUT2D eigenvalue weighted by molar-refractivity contribution is 5.11. The van der Waals surface area contributed by atoms with Crippen LogP contribution in [-0.4, -0.2) is 15.6 Å². The molecule has 96 valence electrons. The van der Waals surface area contributed by atoms with E-state index in [2.05, 4.69) is 40.9 Å². The lowest BCUT2D eigenvalue weighted by Gasteiger charge is -2.12. The molecule has 0 aromatic carbocycles. The molecule has 0 fully saturated rings. The third-order valence-electron chi connectivity index (χ3n) is 3.28. The molecular formula is C15H21N3. The molecule has 0 saturated heterocycles. The largest absolute Gasteiger partial charge is 0.351 e. The van der Waals surface area contributed by atoms with Crippen LogP contribution in [0.25, 0.3) is 0 Å². The molecule has 2 rings (SSSR count). The molecule has 2 heterocycles. The standard InChI is InChI=1S/C15H21N3/c1-2-14(16)11-15-6-4-9-18(15)10-7-13-5-3-8-17-12-13/h3-6,8-9,12,14H,2,7,10-11,16H2,1H3. The Labute approximate surface area is 109 Å². The predicted octanol–water partition coefficient (Wildman–Crippen LogP) is 2.41. The molecule has 1 atom stereocenters. The van der Waals surface area contributed by atoms with E-state index in [0.717, 1.165) is 25.8 Å². The van der Waals surface area contributed by atoms with E-state index in [1.54, 1.807) is 0 Å². The lowest BCUT2D eigenvalue weighted by molar-refractivity contribution is 0.591. The monoisotopic (exact) mass is 243 g/mol. The maximum absolute atomic E-state index is 6.02. The van der Waals surface area contributed by atoms with Gasteiger partial charge in [-0.25, -0.2) is 0 Å². The fourth-order valence-electron chi connectivity index (χ4n) is 2.06. The summed E-state index contributed by atoms with van der Waals surface area (Å²) in [6.45, 7) is 3.12. The van der Waals surface area contributed by atoms with Gasteiger partial charge in [-0.05, 0) is 36.6 Å². The molecule has 3 heteroatoms. The van der Waals surface area contributed by atoms with Gasteiger partial charge >= 0.3 is 0 Å². The summed E-state index contributed by atoms with van der Waals surface area (Å²) in [6.07, 6.45) is 8.86. The maximum Gasteiger partial charge on any atom is 0.0300 e. The van der Waals surface area contributed by atoms with Crippen molar-refractivity contribution in [3.05, 3.63) is 54.1 Å². The van der Waals surface area contributed by atoms with Crippen molar-refractivity contribution < 1.29 is 0 Å². The molecule has 0 aliphatic carbocycles. The van der Waals surface area contributed by atoms with Crippen molar-refractivity contribution >= 4 is 0 Å². The van der Waals surface area contributed by atoms with Gasteiger partial charge in [-0.2, -0.15) is 0 Å². The number of hydrogen-bond donors (Lipinski definition) is 1. The van der Waals surface area contributed by atoms with Crippen LogP contribution in [0.2, 0.25) is 0 Å². The molecule has 2 aromatic rings. The zero-order valence-corrected chi connectivity index (χ0v) is 10.9. The zero-order chi connectivity index (χ0) is 12.8. The minimum absolute atomic E-state index is 0.261. The van der Waals surface area contributed by atoms with Crippen LogP contribution < -0.4 is 5.73 Å². The summed E-state index contributed by atoms with van der Waals surface area (Å²) in [4.78, 5) is 4.14. The van der Waals surface area contributed by atoms with E-state index in [1.165, 1.54) is 11.3 Å². The molecule has 2 aromatic heterocycles. The first-order valence-corrected chi connectivity index (χ1v) is 6.58. The second-order valence-electron chi connectivity index (χ2n) is 4.68. The third-order valence-corrected chi connectivity index (χ3v) is 3.28. The van der Waals surface area contributed by atoms with Crippen LogP contribution in [0.4, 0.5) is 0 Å². The number of aryl methyl sites for hydroxylation is 2. The quantitative estimate of drug-likeness (QED) is 0.846. The predicted molar refractivity (Wildman–Crippen MR) is 74.3 cm³/mol. The van der Waals surface area contributed by atoms with Gasteiger partial charge in [-0.15, -0.1) is 0 Å². The molecule has 0 spiro atoms. The van der Waals surface area contributed by atoms with Crippen LogP contribution >= 0.6 is 0 Å². The van der Waals surface area contributed by atoms with Crippen molar-refractivity contribution in [1.29, 1.82) is 0 Å². The van der Waals surface area contributed by atoms with Crippen LogP contribution in [0.3, 0.4) is 0 Å². The Morgan fingerprint density at radius 1 is 1.33 bits per heavy atom. The molecule has 3 nitrogen and oxygen atoms in total. The number of nitrogens with two attached hydrogens (primary N) is 1. The normalized spacial score (nSPS) is 12.6. The fraction of sp³-hybridized carbons (Fsp3) is 0.400. The Kier molecular flexibility index (Phi) is 4.53. The van der Waals surface area contributed by atoms with Gasteiger partial charge in [0.1, 0.15) is 0 Å². The van der Waals surface area contributed by atoms with Gasteiger partial charge in [0.25, 0.3) is 0 Å². The van der Waals surface area contributed by atoms with E-state index in [0.29, 0.717) is 0 Å². The Bertz CT molecular complexity index is 462. The molecule has 0 aliphatic rings. The van der Waals surface area contributed by atoms with E-state index in [-0.39, 0.29) is 6.04 Å². The highest BCUT2D eigenvalue weighted by Gasteiger charge is 2.06. The van der Waals surface area contributed by atoms with Gasteiger partial charge in [-0.1, -0.05) is 13.0 Å². The fourth-order valence-corrected chi connectivity index (χ4v) is 2.06. The van der Waals surface area contributed by atoms with Crippen LogP contribution in [0.1, 0.15) is 24.6 Å². The number of nitrogens with zero attached hydrogens (tertiary/aromatic N) is 2. The Morgan fingerprint density at radius 2 is 2.22 bits per heavy atom. The van der Waals surface area contributed by atoms with Crippen LogP contribution in [0, 0.1) is 0 Å². The Morgan fingerprint density at radius 3 is 2.94 bits per heavy atom. The topological polar surface area (TPSA) is 43.8 Å². The molecule has 0 bridgehead atoms. The molecule has 0 radical (unpaired) electrons. The number of aromatic nitrogens is 2. The second-order valence-corrected chi connectivity index (χ2v) is 4.68. The average molecular weight is 243 g/mol. The van der Waals surface area contributed by atoms with Crippen molar-refractivity contribution in [1.82, 2.24) is 9.55 Å². The van der Waals surface area contributed by atoms with E-state index < -0.39 is 0 Å². The van der Waals surface area contributed by atoms with Crippen molar-refractivity contribution in [2.75, 3.05) is 0 Å². The number of pyridine rings is 1.